The Morgan fingerprint density at radius 2 is 1.84 bits per heavy atom. The van der Waals surface area contributed by atoms with Crippen LogP contribution in [-0.2, 0) is 4.79 Å². The van der Waals surface area contributed by atoms with Gasteiger partial charge in [0, 0.05) is 18.0 Å². The summed E-state index contributed by atoms with van der Waals surface area (Å²) in [6.45, 7) is 3.22. The van der Waals surface area contributed by atoms with Gasteiger partial charge in [-0.1, -0.05) is 24.3 Å². The molecule has 0 amide bonds. The monoisotopic (exact) mass is 259 g/mol. The molecule has 1 N–H and O–H groups in total. The molecular formula is C15H17NO3. The maximum atomic E-state index is 11.8. The molecule has 0 aromatic heterocycles. The Hall–Kier alpha value is -1.68. The van der Waals surface area contributed by atoms with E-state index in [1.54, 1.807) is 12.1 Å². The highest BCUT2D eigenvalue weighted by molar-refractivity contribution is 6.40. The van der Waals surface area contributed by atoms with Crippen molar-refractivity contribution in [3.63, 3.8) is 0 Å². The summed E-state index contributed by atoms with van der Waals surface area (Å²) in [7, 11) is 0. The van der Waals surface area contributed by atoms with E-state index in [-0.39, 0.29) is 0 Å². The zero-order chi connectivity index (χ0) is 13.4. The first-order valence-corrected chi connectivity index (χ1v) is 6.75. The van der Waals surface area contributed by atoms with Gasteiger partial charge in [-0.3, -0.25) is 4.79 Å². The minimum atomic E-state index is -1.37. The lowest BCUT2D eigenvalue weighted by molar-refractivity contribution is -0.131. The minimum absolute atomic E-state index is 0.307. The highest BCUT2D eigenvalue weighted by atomic mass is 16.4. The number of rotatable bonds is 3. The molecule has 3 fully saturated rings. The second kappa shape index (κ2) is 4.78. The second-order valence-electron chi connectivity index (χ2n) is 5.47. The SMILES string of the molecule is O=C(O)C(=O)c1ccccc1[C@@H]1CN2CCC1CC2. The van der Waals surface area contributed by atoms with Crippen LogP contribution >= 0.6 is 0 Å². The lowest BCUT2D eigenvalue weighted by atomic mass is 9.74. The third-order valence-corrected chi connectivity index (χ3v) is 4.46. The molecule has 19 heavy (non-hydrogen) atoms. The molecule has 0 aliphatic carbocycles. The van der Waals surface area contributed by atoms with E-state index in [0.29, 0.717) is 17.4 Å². The number of carbonyl (C=O) groups excluding carboxylic acids is 1. The zero-order valence-electron chi connectivity index (χ0n) is 10.7. The molecule has 1 atom stereocenters. The van der Waals surface area contributed by atoms with E-state index >= 15 is 0 Å². The Labute approximate surface area is 112 Å². The standard InChI is InChI=1S/C15H17NO3/c17-14(15(18)19)12-4-2-1-3-11(12)13-9-16-7-5-10(13)6-8-16/h1-4,10,13H,5-9H2,(H,18,19)/t13-/m1/s1. The first-order chi connectivity index (χ1) is 9.16. The van der Waals surface area contributed by atoms with Crippen molar-refractivity contribution >= 4 is 11.8 Å². The van der Waals surface area contributed by atoms with Crippen molar-refractivity contribution in [2.24, 2.45) is 5.92 Å². The fraction of sp³-hybridized carbons (Fsp3) is 0.467. The quantitative estimate of drug-likeness (QED) is 0.664. The number of carboxylic acid groups (broad SMARTS) is 1. The van der Waals surface area contributed by atoms with Crippen LogP contribution in [0.3, 0.4) is 0 Å². The van der Waals surface area contributed by atoms with Gasteiger partial charge in [0.05, 0.1) is 0 Å². The molecule has 100 valence electrons. The van der Waals surface area contributed by atoms with Gasteiger partial charge in [-0.15, -0.1) is 0 Å². The number of hydrogen-bond donors (Lipinski definition) is 1. The van der Waals surface area contributed by atoms with E-state index in [1.165, 1.54) is 0 Å². The summed E-state index contributed by atoms with van der Waals surface area (Å²) in [5.74, 6) is -1.25. The molecule has 2 bridgehead atoms. The van der Waals surface area contributed by atoms with Gasteiger partial charge in [0.2, 0.25) is 0 Å². The number of hydrogen-bond acceptors (Lipinski definition) is 3. The van der Waals surface area contributed by atoms with Crippen molar-refractivity contribution in [3.05, 3.63) is 35.4 Å². The molecule has 4 rings (SSSR count). The number of nitrogens with zero attached hydrogens (tertiary/aromatic N) is 1. The molecular weight excluding hydrogens is 242 g/mol. The van der Waals surface area contributed by atoms with Crippen molar-refractivity contribution in [1.29, 1.82) is 0 Å². The largest absolute Gasteiger partial charge is 0.475 e. The van der Waals surface area contributed by atoms with Gasteiger partial charge >= 0.3 is 5.97 Å². The summed E-state index contributed by atoms with van der Waals surface area (Å²) in [5, 5.41) is 8.93. The number of carboxylic acids is 1. The van der Waals surface area contributed by atoms with Crippen molar-refractivity contribution in [1.82, 2.24) is 4.90 Å². The van der Waals surface area contributed by atoms with Crippen LogP contribution in [0.15, 0.2) is 24.3 Å². The number of benzene rings is 1. The van der Waals surface area contributed by atoms with E-state index in [1.807, 2.05) is 12.1 Å². The maximum absolute atomic E-state index is 11.8. The molecule has 4 nitrogen and oxygen atoms in total. The molecule has 3 saturated heterocycles. The first kappa shape index (κ1) is 12.4. The van der Waals surface area contributed by atoms with Gasteiger partial charge in [-0.25, -0.2) is 4.79 Å². The zero-order valence-corrected chi connectivity index (χ0v) is 10.7. The Bertz CT molecular complexity index is 518. The molecule has 3 aliphatic rings. The lowest BCUT2D eigenvalue weighted by Gasteiger charge is -2.45. The fourth-order valence-electron chi connectivity index (χ4n) is 3.46. The second-order valence-corrected chi connectivity index (χ2v) is 5.47. The molecule has 0 saturated carbocycles. The van der Waals surface area contributed by atoms with Crippen LogP contribution in [0.1, 0.15) is 34.7 Å². The van der Waals surface area contributed by atoms with E-state index < -0.39 is 11.8 Å². The lowest BCUT2D eigenvalue weighted by Crippen LogP contribution is -2.46. The van der Waals surface area contributed by atoms with Gasteiger partial charge in [0.25, 0.3) is 5.78 Å². The van der Waals surface area contributed by atoms with Crippen LogP contribution in [-0.4, -0.2) is 41.4 Å². The van der Waals surface area contributed by atoms with E-state index in [9.17, 15) is 9.59 Å². The maximum Gasteiger partial charge on any atom is 0.377 e. The summed E-state index contributed by atoms with van der Waals surface area (Å²) in [5.41, 5.74) is 1.29. The van der Waals surface area contributed by atoms with Gasteiger partial charge in [0.1, 0.15) is 0 Å². The number of piperidine rings is 3. The average molecular weight is 259 g/mol. The van der Waals surface area contributed by atoms with Gasteiger partial charge in [-0.2, -0.15) is 0 Å². The van der Waals surface area contributed by atoms with Gasteiger partial charge in [0.15, 0.2) is 0 Å². The highest BCUT2D eigenvalue weighted by Crippen LogP contribution is 2.40. The number of carbonyl (C=O) groups is 2. The summed E-state index contributed by atoms with van der Waals surface area (Å²) in [6, 6.07) is 7.19. The van der Waals surface area contributed by atoms with Gasteiger partial charge in [-0.05, 0) is 37.4 Å². The van der Waals surface area contributed by atoms with Crippen molar-refractivity contribution in [2.75, 3.05) is 19.6 Å². The van der Waals surface area contributed by atoms with Crippen molar-refractivity contribution in [2.45, 2.75) is 18.8 Å². The van der Waals surface area contributed by atoms with Gasteiger partial charge < -0.3 is 10.0 Å². The molecule has 1 aromatic rings. The van der Waals surface area contributed by atoms with Crippen LogP contribution in [0.4, 0.5) is 0 Å². The molecule has 0 radical (unpaired) electrons. The summed E-state index contributed by atoms with van der Waals surface area (Å²) < 4.78 is 0. The van der Waals surface area contributed by atoms with E-state index in [2.05, 4.69) is 4.90 Å². The number of Topliss-reactive ketones (excluding diaryl/α,β-unsaturated/α-hetero) is 1. The van der Waals surface area contributed by atoms with Crippen molar-refractivity contribution in [3.8, 4) is 0 Å². The van der Waals surface area contributed by atoms with Crippen molar-refractivity contribution < 1.29 is 14.7 Å². The number of aliphatic carboxylic acids is 1. The first-order valence-electron chi connectivity index (χ1n) is 6.75. The molecule has 4 heteroatoms. The number of ketones is 1. The molecule has 1 aromatic carbocycles. The smallest absolute Gasteiger partial charge is 0.377 e. The summed E-state index contributed by atoms with van der Waals surface area (Å²) in [6.07, 6.45) is 2.31. The van der Waals surface area contributed by atoms with E-state index in [4.69, 9.17) is 5.11 Å². The van der Waals surface area contributed by atoms with E-state index in [0.717, 1.165) is 38.0 Å². The summed E-state index contributed by atoms with van der Waals surface area (Å²) >= 11 is 0. The van der Waals surface area contributed by atoms with Crippen LogP contribution in [0.25, 0.3) is 0 Å². The topological polar surface area (TPSA) is 57.6 Å². The number of fused-ring (bicyclic) bond motifs is 3. The molecule has 3 heterocycles. The summed E-state index contributed by atoms with van der Waals surface area (Å²) in [4.78, 5) is 25.1. The molecule has 0 spiro atoms. The van der Waals surface area contributed by atoms with Crippen LogP contribution in [0, 0.1) is 5.92 Å². The predicted molar refractivity (Wildman–Crippen MR) is 70.3 cm³/mol. The molecule has 0 unspecified atom stereocenters. The Morgan fingerprint density at radius 1 is 1.16 bits per heavy atom. The fourth-order valence-corrected chi connectivity index (χ4v) is 3.46. The average Bonchev–Trinajstić information content (AvgIpc) is 2.47. The third kappa shape index (κ3) is 2.16. The Kier molecular flexibility index (Phi) is 3.11. The third-order valence-electron chi connectivity index (χ3n) is 4.46. The van der Waals surface area contributed by atoms with Crippen LogP contribution in [0.2, 0.25) is 0 Å². The highest BCUT2D eigenvalue weighted by Gasteiger charge is 2.36. The van der Waals surface area contributed by atoms with Crippen LogP contribution < -0.4 is 0 Å². The minimum Gasteiger partial charge on any atom is -0.475 e. The molecule has 3 aliphatic heterocycles. The normalized spacial score (nSPS) is 29.2. The Morgan fingerprint density at radius 3 is 2.42 bits per heavy atom. The predicted octanol–water partition coefficient (Wildman–Crippen LogP) is 1.76. The Balaban J connectivity index is 1.97. The van der Waals surface area contributed by atoms with Crippen LogP contribution in [0.5, 0.6) is 0 Å².